The van der Waals surface area contributed by atoms with Gasteiger partial charge in [0.1, 0.15) is 0 Å². The van der Waals surface area contributed by atoms with Gasteiger partial charge in [0.05, 0.1) is 24.6 Å². The van der Waals surface area contributed by atoms with Gasteiger partial charge in [-0.3, -0.25) is 9.59 Å². The maximum atomic E-state index is 13.0. The molecule has 1 aromatic heterocycles. The number of ether oxygens (including phenoxy) is 1. The predicted molar refractivity (Wildman–Crippen MR) is 117 cm³/mol. The second kappa shape index (κ2) is 10.4. The Labute approximate surface area is 192 Å². The molecule has 0 saturated heterocycles. The van der Waals surface area contributed by atoms with Crippen molar-refractivity contribution in [1.82, 2.24) is 15.1 Å². The zero-order valence-corrected chi connectivity index (χ0v) is 18.2. The van der Waals surface area contributed by atoms with Gasteiger partial charge in [0.15, 0.2) is 11.4 Å². The average molecular weight is 481 g/mol. The maximum Gasteiger partial charge on any atom is 0.416 e. The topological polar surface area (TPSA) is 85.2 Å². The third-order valence-corrected chi connectivity index (χ3v) is 4.80. The van der Waals surface area contributed by atoms with Gasteiger partial charge >= 0.3 is 6.18 Å². The van der Waals surface area contributed by atoms with Crippen LogP contribution in [0.15, 0.2) is 54.7 Å². The molecule has 0 fully saturated rings. The molecule has 0 atom stereocenters. The van der Waals surface area contributed by atoms with Gasteiger partial charge in [-0.15, -0.1) is 0 Å². The molecule has 33 heavy (non-hydrogen) atoms. The number of amides is 2. The van der Waals surface area contributed by atoms with E-state index < -0.39 is 17.6 Å². The normalized spacial score (nSPS) is 11.2. The van der Waals surface area contributed by atoms with Crippen LogP contribution in [0, 0.1) is 0 Å². The van der Waals surface area contributed by atoms with Gasteiger partial charge < -0.3 is 15.4 Å². The van der Waals surface area contributed by atoms with E-state index in [1.165, 1.54) is 25.4 Å². The first-order valence-electron chi connectivity index (χ1n) is 9.82. The van der Waals surface area contributed by atoms with Crippen LogP contribution in [0.5, 0.6) is 5.75 Å². The van der Waals surface area contributed by atoms with Crippen LogP contribution in [0.4, 0.5) is 18.9 Å². The summed E-state index contributed by atoms with van der Waals surface area (Å²) in [5.41, 5.74) is -0.183. The number of aromatic nitrogens is 2. The highest BCUT2D eigenvalue weighted by molar-refractivity contribution is 6.30. The smallest absolute Gasteiger partial charge is 0.416 e. The largest absolute Gasteiger partial charge is 0.493 e. The molecule has 1 heterocycles. The van der Waals surface area contributed by atoms with Crippen molar-refractivity contribution in [1.29, 1.82) is 0 Å². The van der Waals surface area contributed by atoms with Gasteiger partial charge in [-0.2, -0.15) is 18.3 Å². The minimum atomic E-state index is -4.51. The van der Waals surface area contributed by atoms with Crippen LogP contribution >= 0.6 is 11.6 Å². The van der Waals surface area contributed by atoms with E-state index in [0.717, 1.165) is 16.8 Å². The highest BCUT2D eigenvalue weighted by Gasteiger charge is 2.30. The van der Waals surface area contributed by atoms with E-state index in [4.69, 9.17) is 16.3 Å². The van der Waals surface area contributed by atoms with Crippen molar-refractivity contribution in [2.45, 2.75) is 19.0 Å². The molecule has 3 aromatic rings. The minimum Gasteiger partial charge on any atom is -0.493 e. The van der Waals surface area contributed by atoms with Crippen LogP contribution in [0.3, 0.4) is 0 Å². The molecule has 2 N–H and O–H groups in total. The monoisotopic (exact) mass is 480 g/mol. The van der Waals surface area contributed by atoms with Crippen molar-refractivity contribution in [2.75, 3.05) is 19.0 Å². The quantitative estimate of drug-likeness (QED) is 0.458. The molecule has 0 saturated carbocycles. The van der Waals surface area contributed by atoms with Gasteiger partial charge in [-0.1, -0.05) is 17.7 Å². The molecule has 174 valence electrons. The number of alkyl halides is 3. The molecule has 2 aromatic carbocycles. The molecule has 11 heteroatoms. The molecule has 0 aliphatic carbocycles. The van der Waals surface area contributed by atoms with Gasteiger partial charge in [0.2, 0.25) is 5.91 Å². The first-order valence-corrected chi connectivity index (χ1v) is 10.2. The number of benzene rings is 2. The third-order valence-electron chi connectivity index (χ3n) is 4.55. The summed E-state index contributed by atoms with van der Waals surface area (Å²) in [6.07, 6.45) is -2.65. The molecule has 0 bridgehead atoms. The molecular weight excluding hydrogens is 461 g/mol. The number of nitrogens with zero attached hydrogens (tertiary/aromatic N) is 2. The van der Waals surface area contributed by atoms with Crippen molar-refractivity contribution in [3.63, 3.8) is 0 Å². The molecule has 7 nitrogen and oxygen atoms in total. The lowest BCUT2D eigenvalue weighted by atomic mass is 10.2. The number of carbonyl (C=O) groups excluding carboxylic acids is 2. The van der Waals surface area contributed by atoms with Gasteiger partial charge in [-0.25, -0.2) is 4.68 Å². The molecule has 0 aliphatic heterocycles. The van der Waals surface area contributed by atoms with Gasteiger partial charge in [-0.05, 0) is 48.9 Å². The first kappa shape index (κ1) is 24.1. The molecular formula is C22H20ClF3N4O3. The van der Waals surface area contributed by atoms with Crippen LogP contribution in [-0.2, 0) is 11.0 Å². The highest BCUT2D eigenvalue weighted by atomic mass is 35.5. The number of hydrogen-bond donors (Lipinski definition) is 2. The highest BCUT2D eigenvalue weighted by Crippen LogP contribution is 2.30. The lowest BCUT2D eigenvalue weighted by Gasteiger charge is -2.08. The maximum absolute atomic E-state index is 13.0. The molecule has 0 unspecified atom stereocenters. The molecule has 0 aliphatic rings. The first-order chi connectivity index (χ1) is 15.7. The van der Waals surface area contributed by atoms with Gasteiger partial charge in [0, 0.05) is 23.7 Å². The Bertz CT molecular complexity index is 1130. The Morgan fingerprint density at radius 3 is 2.55 bits per heavy atom. The lowest BCUT2D eigenvalue weighted by molar-refractivity contribution is -0.137. The van der Waals surface area contributed by atoms with E-state index >= 15 is 0 Å². The van der Waals surface area contributed by atoms with Crippen molar-refractivity contribution in [3.8, 4) is 11.4 Å². The van der Waals surface area contributed by atoms with E-state index in [1.807, 2.05) is 0 Å². The summed E-state index contributed by atoms with van der Waals surface area (Å²) in [7, 11) is 1.32. The SMILES string of the molecule is COc1cn(-c2cccc(C(F)(F)F)c2)nc1C(=O)NCCCC(=O)Nc1ccc(Cl)cc1. The zero-order valence-electron chi connectivity index (χ0n) is 17.4. The summed E-state index contributed by atoms with van der Waals surface area (Å²) in [6, 6.07) is 11.2. The number of rotatable bonds is 8. The Balaban J connectivity index is 1.57. The summed E-state index contributed by atoms with van der Waals surface area (Å²) >= 11 is 5.80. The van der Waals surface area contributed by atoms with Crippen molar-refractivity contribution in [2.24, 2.45) is 0 Å². The standard InChI is InChI=1S/C22H20ClF3N4O3/c1-33-18-13-30(17-5-2-4-14(12-17)22(24,25)26)29-20(18)21(32)27-11-3-6-19(31)28-16-9-7-15(23)8-10-16/h2,4-5,7-10,12-13H,3,6,11H2,1H3,(H,27,32)(H,28,31). The van der Waals surface area contributed by atoms with E-state index in [2.05, 4.69) is 15.7 Å². The fraction of sp³-hybridized carbons (Fsp3) is 0.227. The van der Waals surface area contributed by atoms with Crippen LogP contribution in [-0.4, -0.2) is 35.2 Å². The third kappa shape index (κ3) is 6.48. The van der Waals surface area contributed by atoms with E-state index in [0.29, 0.717) is 17.1 Å². The van der Waals surface area contributed by atoms with E-state index in [9.17, 15) is 22.8 Å². The lowest BCUT2D eigenvalue weighted by Crippen LogP contribution is -2.26. The van der Waals surface area contributed by atoms with Crippen molar-refractivity contribution in [3.05, 3.63) is 71.0 Å². The minimum absolute atomic E-state index is 0.0828. The van der Waals surface area contributed by atoms with Gasteiger partial charge in [0.25, 0.3) is 5.91 Å². The second-order valence-corrected chi connectivity index (χ2v) is 7.39. The van der Waals surface area contributed by atoms with Crippen LogP contribution in [0.2, 0.25) is 5.02 Å². The second-order valence-electron chi connectivity index (χ2n) is 6.95. The Morgan fingerprint density at radius 2 is 1.88 bits per heavy atom. The molecule has 2 amide bonds. The summed E-state index contributed by atoms with van der Waals surface area (Å²) in [6.45, 7) is 0.187. The van der Waals surface area contributed by atoms with Crippen LogP contribution < -0.4 is 15.4 Å². The summed E-state index contributed by atoms with van der Waals surface area (Å²) < 4.78 is 45.2. The summed E-state index contributed by atoms with van der Waals surface area (Å²) in [5, 5.41) is 9.98. The zero-order chi connectivity index (χ0) is 24.0. The fourth-order valence-electron chi connectivity index (χ4n) is 2.91. The number of hydrogen-bond acceptors (Lipinski definition) is 4. The van der Waals surface area contributed by atoms with Crippen LogP contribution in [0.25, 0.3) is 5.69 Å². The van der Waals surface area contributed by atoms with E-state index in [-0.39, 0.29) is 36.0 Å². The summed E-state index contributed by atoms with van der Waals surface area (Å²) in [5.74, 6) is -0.695. The summed E-state index contributed by atoms with van der Waals surface area (Å²) in [4.78, 5) is 24.5. The Hall–Kier alpha value is -3.53. The van der Waals surface area contributed by atoms with Crippen LogP contribution in [0.1, 0.15) is 28.9 Å². The number of halogens is 4. The number of methoxy groups -OCH3 is 1. The number of carbonyl (C=O) groups is 2. The van der Waals surface area contributed by atoms with Crippen molar-refractivity contribution >= 4 is 29.1 Å². The molecule has 3 rings (SSSR count). The molecule has 0 spiro atoms. The van der Waals surface area contributed by atoms with Crippen molar-refractivity contribution < 1.29 is 27.5 Å². The average Bonchev–Trinajstić information content (AvgIpc) is 3.22. The Kier molecular flexibility index (Phi) is 7.59. The predicted octanol–water partition coefficient (Wildman–Crippen LogP) is 4.70. The fourth-order valence-corrected chi connectivity index (χ4v) is 3.04. The number of nitrogens with one attached hydrogen (secondary N) is 2. The molecule has 0 radical (unpaired) electrons. The van der Waals surface area contributed by atoms with E-state index in [1.54, 1.807) is 24.3 Å². The number of anilines is 1. The Morgan fingerprint density at radius 1 is 1.15 bits per heavy atom.